The number of nitrogens with zero attached hydrogens (tertiary/aromatic N) is 2. The van der Waals surface area contributed by atoms with E-state index in [1.54, 1.807) is 6.20 Å². The van der Waals surface area contributed by atoms with Gasteiger partial charge in [-0.15, -0.1) is 0 Å². The Bertz CT molecular complexity index is 1130. The van der Waals surface area contributed by atoms with Crippen molar-refractivity contribution in [1.29, 1.82) is 0 Å². The van der Waals surface area contributed by atoms with E-state index in [2.05, 4.69) is 22.1 Å². The Morgan fingerprint density at radius 1 is 1.19 bits per heavy atom. The van der Waals surface area contributed by atoms with E-state index in [-0.39, 0.29) is 11.6 Å². The summed E-state index contributed by atoms with van der Waals surface area (Å²) in [6.07, 6.45) is 8.17. The number of halogens is 1. The van der Waals surface area contributed by atoms with Crippen LogP contribution in [0.25, 0.3) is 6.08 Å². The fraction of sp³-hybridized carbons (Fsp3) is 0.269. The number of benzene rings is 1. The molecule has 2 aromatic heterocycles. The van der Waals surface area contributed by atoms with Gasteiger partial charge in [-0.25, -0.2) is 9.97 Å². The first kappa shape index (κ1) is 21.7. The van der Waals surface area contributed by atoms with E-state index in [9.17, 15) is 9.18 Å². The van der Waals surface area contributed by atoms with Gasteiger partial charge in [0, 0.05) is 18.7 Å². The number of carbonyl (C=O) groups excluding carboxylic acids is 1. The summed E-state index contributed by atoms with van der Waals surface area (Å²) >= 11 is 0. The topological polar surface area (TPSA) is 78.1 Å². The number of ether oxygens (including phenoxy) is 1. The van der Waals surface area contributed by atoms with Gasteiger partial charge < -0.3 is 10.5 Å². The molecule has 0 bridgehead atoms. The second-order valence-electron chi connectivity index (χ2n) is 8.29. The van der Waals surface area contributed by atoms with Crippen molar-refractivity contribution in [3.05, 3.63) is 82.9 Å². The van der Waals surface area contributed by atoms with Gasteiger partial charge >= 0.3 is 0 Å². The van der Waals surface area contributed by atoms with E-state index in [1.807, 2.05) is 37.3 Å². The van der Waals surface area contributed by atoms with Crippen LogP contribution in [0.5, 0.6) is 11.6 Å². The minimum absolute atomic E-state index is 0.0330. The summed E-state index contributed by atoms with van der Waals surface area (Å²) in [4.78, 5) is 20.4. The molecular weight excluding hydrogens is 405 g/mol. The molecule has 2 heterocycles. The Balaban J connectivity index is 1.34. The van der Waals surface area contributed by atoms with Crippen molar-refractivity contribution in [2.45, 2.75) is 39.0 Å². The molecule has 164 valence electrons. The first-order valence-corrected chi connectivity index (χ1v) is 10.8. The molecule has 2 N–H and O–H groups in total. The van der Waals surface area contributed by atoms with Crippen LogP contribution in [0, 0.1) is 18.8 Å². The maximum atomic E-state index is 13.1. The molecule has 0 aliphatic heterocycles. The average Bonchev–Trinajstić information content (AvgIpc) is 2.77. The zero-order valence-electron chi connectivity index (χ0n) is 18.1. The number of nitrogens with two attached hydrogens (primary N) is 1. The Morgan fingerprint density at radius 2 is 2.00 bits per heavy atom. The number of aromatic nitrogens is 2. The van der Waals surface area contributed by atoms with Gasteiger partial charge in [-0.3, -0.25) is 4.79 Å². The van der Waals surface area contributed by atoms with E-state index < -0.39 is 5.95 Å². The van der Waals surface area contributed by atoms with Crippen LogP contribution in [0.2, 0.25) is 0 Å². The number of hydrogen-bond acceptors (Lipinski definition) is 5. The number of allylic oxidation sites excluding steroid dienone is 1. The summed E-state index contributed by atoms with van der Waals surface area (Å²) < 4.78 is 19.0. The number of hydrogen-bond donors (Lipinski definition) is 1. The highest BCUT2D eigenvalue weighted by Gasteiger charge is 2.22. The normalized spacial score (nSPS) is 15.9. The van der Waals surface area contributed by atoms with Gasteiger partial charge in [0.05, 0.1) is 5.56 Å². The van der Waals surface area contributed by atoms with Gasteiger partial charge in [-0.05, 0) is 73.9 Å². The molecule has 0 amide bonds. The number of ketones is 1. The number of pyridine rings is 2. The number of rotatable bonds is 6. The second kappa shape index (κ2) is 9.73. The summed E-state index contributed by atoms with van der Waals surface area (Å²) in [5.74, 6) is 0.849. The first-order valence-electron chi connectivity index (χ1n) is 10.8. The van der Waals surface area contributed by atoms with Crippen LogP contribution in [0.15, 0.2) is 60.3 Å². The maximum Gasteiger partial charge on any atom is 0.219 e. The Morgan fingerprint density at radius 3 is 2.72 bits per heavy atom. The third-order valence-corrected chi connectivity index (χ3v) is 5.75. The van der Waals surface area contributed by atoms with E-state index >= 15 is 0 Å². The molecule has 4 rings (SSSR count). The van der Waals surface area contributed by atoms with Crippen LogP contribution in [-0.4, -0.2) is 15.8 Å². The molecule has 0 saturated heterocycles. The lowest BCUT2D eigenvalue weighted by atomic mass is 9.81. The van der Waals surface area contributed by atoms with Crippen LogP contribution in [0.1, 0.15) is 53.6 Å². The molecule has 0 radical (unpaired) electrons. The second-order valence-corrected chi connectivity index (χ2v) is 8.29. The monoisotopic (exact) mass is 431 g/mol. The smallest absolute Gasteiger partial charge is 0.219 e. The molecule has 0 spiro atoms. The molecule has 1 aromatic carbocycles. The van der Waals surface area contributed by atoms with Gasteiger partial charge in [0.15, 0.2) is 5.78 Å². The SMILES string of the molecule is Cc1ccc(Oc2cccc(C=C3CCC(CC(=O)c4ccc(F)nc4N)CC3)c2)nc1. The van der Waals surface area contributed by atoms with Crippen LogP contribution >= 0.6 is 0 Å². The van der Waals surface area contributed by atoms with Gasteiger partial charge in [-0.1, -0.05) is 29.8 Å². The quantitative estimate of drug-likeness (QED) is 0.374. The summed E-state index contributed by atoms with van der Waals surface area (Å²) in [6, 6.07) is 14.4. The van der Waals surface area contributed by atoms with E-state index in [0.717, 1.165) is 42.6 Å². The molecule has 5 nitrogen and oxygen atoms in total. The number of anilines is 1. The Hall–Kier alpha value is -3.54. The van der Waals surface area contributed by atoms with Crippen molar-refractivity contribution in [1.82, 2.24) is 9.97 Å². The molecular formula is C26H26FN3O2. The predicted molar refractivity (Wildman–Crippen MR) is 123 cm³/mol. The third-order valence-electron chi connectivity index (χ3n) is 5.75. The highest BCUT2D eigenvalue weighted by atomic mass is 19.1. The van der Waals surface area contributed by atoms with E-state index in [4.69, 9.17) is 10.5 Å². The van der Waals surface area contributed by atoms with Crippen molar-refractivity contribution < 1.29 is 13.9 Å². The van der Waals surface area contributed by atoms with Crippen LogP contribution in [-0.2, 0) is 0 Å². The zero-order chi connectivity index (χ0) is 22.5. The predicted octanol–water partition coefficient (Wildman–Crippen LogP) is 6.15. The van der Waals surface area contributed by atoms with Crippen molar-refractivity contribution >= 4 is 17.7 Å². The van der Waals surface area contributed by atoms with Crippen molar-refractivity contribution in [3.63, 3.8) is 0 Å². The van der Waals surface area contributed by atoms with Gasteiger partial charge in [-0.2, -0.15) is 4.39 Å². The fourth-order valence-electron chi connectivity index (χ4n) is 3.99. The summed E-state index contributed by atoms with van der Waals surface area (Å²) in [6.45, 7) is 1.99. The van der Waals surface area contributed by atoms with Crippen molar-refractivity contribution in [2.75, 3.05) is 5.73 Å². The lowest BCUT2D eigenvalue weighted by molar-refractivity contribution is 0.0954. The molecule has 3 aromatic rings. The standard InChI is InChI=1S/C26H26FN3O2/c1-17-5-12-25(29-16-17)32-21-4-2-3-20(14-21)13-18-6-8-19(9-7-18)15-23(31)22-10-11-24(27)30-26(22)28/h2-5,10-14,16,19H,6-9,15H2,1H3,(H2,28,30). The number of carbonyl (C=O) groups is 1. The molecule has 32 heavy (non-hydrogen) atoms. The van der Waals surface area contributed by atoms with Crippen molar-refractivity contribution in [2.24, 2.45) is 5.92 Å². The highest BCUT2D eigenvalue weighted by Crippen LogP contribution is 2.33. The summed E-state index contributed by atoms with van der Waals surface area (Å²) in [7, 11) is 0. The average molecular weight is 432 g/mol. The highest BCUT2D eigenvalue weighted by molar-refractivity contribution is 6.00. The summed E-state index contributed by atoms with van der Waals surface area (Å²) in [5.41, 5.74) is 9.56. The van der Waals surface area contributed by atoms with E-state index in [1.165, 1.54) is 17.7 Å². The number of Topliss-reactive ketones (excluding diaryl/α,β-unsaturated/α-hetero) is 1. The Kier molecular flexibility index (Phi) is 6.59. The lowest BCUT2D eigenvalue weighted by Crippen LogP contribution is -2.15. The van der Waals surface area contributed by atoms with Gasteiger partial charge in [0.25, 0.3) is 0 Å². The fourth-order valence-corrected chi connectivity index (χ4v) is 3.99. The number of nitrogen functional groups attached to an aromatic ring is 1. The van der Waals surface area contributed by atoms with Gasteiger partial charge in [0.2, 0.25) is 11.8 Å². The number of aryl methyl sites for hydroxylation is 1. The lowest BCUT2D eigenvalue weighted by Gasteiger charge is -2.23. The summed E-state index contributed by atoms with van der Waals surface area (Å²) in [5, 5.41) is 0. The van der Waals surface area contributed by atoms with Crippen LogP contribution in [0.3, 0.4) is 0 Å². The molecule has 1 aliphatic rings. The Labute approximate surface area is 187 Å². The molecule has 6 heteroatoms. The van der Waals surface area contributed by atoms with Gasteiger partial charge in [0.1, 0.15) is 11.6 Å². The first-order chi connectivity index (χ1) is 15.5. The maximum absolute atomic E-state index is 13.1. The molecule has 0 atom stereocenters. The largest absolute Gasteiger partial charge is 0.439 e. The molecule has 1 aliphatic carbocycles. The zero-order valence-corrected chi connectivity index (χ0v) is 18.1. The third kappa shape index (κ3) is 5.58. The van der Waals surface area contributed by atoms with Crippen molar-refractivity contribution in [3.8, 4) is 11.6 Å². The molecule has 1 fully saturated rings. The van der Waals surface area contributed by atoms with E-state index in [0.29, 0.717) is 23.8 Å². The van der Waals surface area contributed by atoms with Crippen LogP contribution in [0.4, 0.5) is 10.2 Å². The minimum Gasteiger partial charge on any atom is -0.439 e. The molecule has 0 unspecified atom stereocenters. The van der Waals surface area contributed by atoms with Crippen LogP contribution < -0.4 is 10.5 Å². The minimum atomic E-state index is -0.670. The molecule has 1 saturated carbocycles.